The molecule has 5 aromatic heterocycles. The van der Waals surface area contributed by atoms with Crippen LogP contribution in [-0.4, -0.2) is 39.3 Å². The van der Waals surface area contributed by atoms with Gasteiger partial charge in [0.1, 0.15) is 10.0 Å². The van der Waals surface area contributed by atoms with Crippen molar-refractivity contribution in [2.24, 2.45) is 0 Å². The Labute approximate surface area is 388 Å². The van der Waals surface area contributed by atoms with Crippen LogP contribution in [0.5, 0.6) is 0 Å². The summed E-state index contributed by atoms with van der Waals surface area (Å²) in [5, 5.41) is 15.6. The van der Waals surface area contributed by atoms with Gasteiger partial charge in [-0.1, -0.05) is 169 Å². The number of nitrogens with zero attached hydrogens (tertiary/aromatic N) is 8. The third kappa shape index (κ3) is 6.76. The summed E-state index contributed by atoms with van der Waals surface area (Å²) in [6.07, 6.45) is 0. The van der Waals surface area contributed by atoms with E-state index in [1.54, 1.807) is 11.3 Å². The van der Waals surface area contributed by atoms with Gasteiger partial charge in [-0.3, -0.25) is 9.13 Å². The summed E-state index contributed by atoms with van der Waals surface area (Å²) in [6, 6.07) is 75.3. The molecule has 314 valence electrons. The van der Waals surface area contributed by atoms with E-state index in [1.807, 2.05) is 72.8 Å². The van der Waals surface area contributed by atoms with E-state index in [9.17, 15) is 0 Å². The first-order chi connectivity index (χ1) is 33.2. The summed E-state index contributed by atoms with van der Waals surface area (Å²) in [4.78, 5) is 20.8. The van der Waals surface area contributed by atoms with Gasteiger partial charge in [0.05, 0.1) is 44.8 Å². The number of rotatable bonds is 8. The maximum Gasteiger partial charge on any atom is 0.235 e. The van der Waals surface area contributed by atoms with E-state index in [1.165, 1.54) is 0 Å². The summed E-state index contributed by atoms with van der Waals surface area (Å²) >= 11 is 1.59. The zero-order chi connectivity index (χ0) is 44.3. The van der Waals surface area contributed by atoms with E-state index >= 15 is 0 Å². The summed E-state index contributed by atoms with van der Waals surface area (Å²) in [6.45, 7) is 0. The van der Waals surface area contributed by atoms with E-state index in [0.717, 1.165) is 110 Å². The van der Waals surface area contributed by atoms with E-state index < -0.39 is 0 Å². The Bertz CT molecular complexity index is 3600. The smallest absolute Gasteiger partial charge is 0.235 e. The lowest BCUT2D eigenvalue weighted by Gasteiger charge is -2.11. The molecule has 5 heterocycles. The zero-order valence-corrected chi connectivity index (χ0v) is 36.6. The molecule has 0 saturated carbocycles. The van der Waals surface area contributed by atoms with Crippen LogP contribution >= 0.6 is 11.3 Å². The molecule has 0 N–H and O–H groups in total. The number of benzene rings is 8. The van der Waals surface area contributed by atoms with Gasteiger partial charge >= 0.3 is 0 Å². The quantitative estimate of drug-likeness (QED) is 0.151. The Morgan fingerprint density at radius 2 is 0.582 bits per heavy atom. The van der Waals surface area contributed by atoms with Crippen LogP contribution in [0, 0.1) is 0 Å². The van der Waals surface area contributed by atoms with Crippen LogP contribution in [0.3, 0.4) is 0 Å². The van der Waals surface area contributed by atoms with Crippen molar-refractivity contribution in [2.75, 3.05) is 0 Å². The Kier molecular flexibility index (Phi) is 9.17. The molecule has 0 saturated heterocycles. The first-order valence-corrected chi connectivity index (χ1v) is 22.9. The van der Waals surface area contributed by atoms with Gasteiger partial charge in [-0.2, -0.15) is 0 Å². The molecule has 0 spiro atoms. The maximum atomic E-state index is 5.20. The number of aromatic nitrogens is 8. The number of hydrogen-bond acceptors (Lipinski definition) is 7. The fourth-order valence-electron chi connectivity index (χ4n) is 9.20. The first kappa shape index (κ1) is 38.5. The van der Waals surface area contributed by atoms with Gasteiger partial charge in [-0.15, -0.1) is 10.2 Å². The highest BCUT2D eigenvalue weighted by molar-refractivity contribution is 7.17. The normalized spacial score (nSPS) is 11.6. The molecule has 0 aliphatic rings. The molecule has 0 radical (unpaired) electrons. The van der Waals surface area contributed by atoms with Gasteiger partial charge < -0.3 is 0 Å². The van der Waals surface area contributed by atoms with Crippen molar-refractivity contribution in [1.82, 2.24) is 39.3 Å². The standard InChI is InChI=1S/C58H36N8S/c1-5-17-37(18-6-1)47-35-48(38-19-7-2-8-20-38)60-57(59-47)65-51-27-15-13-25-43(51)45-33-41(29-31-53(45)65)55-63-64-56(67-55)42-30-32-54-46(34-42)44-26-14-16-28-52(44)66(54)58-61-49(39-21-9-3-10-22-39)36-50(62-58)40-23-11-4-12-24-40/h1-36H. The van der Waals surface area contributed by atoms with E-state index in [2.05, 4.69) is 155 Å². The van der Waals surface area contributed by atoms with Gasteiger partial charge in [0, 0.05) is 54.9 Å². The van der Waals surface area contributed by atoms with Gasteiger partial charge in [0.25, 0.3) is 0 Å². The molecule has 13 aromatic rings. The minimum Gasteiger partial charge on any atom is -0.278 e. The molecular formula is C58H36N8S. The predicted molar refractivity (Wildman–Crippen MR) is 272 cm³/mol. The van der Waals surface area contributed by atoms with Gasteiger partial charge in [-0.25, -0.2) is 19.9 Å². The minimum absolute atomic E-state index is 0.612. The van der Waals surface area contributed by atoms with Crippen molar-refractivity contribution in [2.45, 2.75) is 0 Å². The molecule has 9 heteroatoms. The van der Waals surface area contributed by atoms with Crippen LogP contribution in [0.15, 0.2) is 218 Å². The van der Waals surface area contributed by atoms with Gasteiger partial charge in [0.2, 0.25) is 11.9 Å². The highest BCUT2D eigenvalue weighted by Crippen LogP contribution is 2.40. The van der Waals surface area contributed by atoms with Crippen molar-refractivity contribution in [1.29, 1.82) is 0 Å². The number of fused-ring (bicyclic) bond motifs is 6. The maximum absolute atomic E-state index is 5.20. The van der Waals surface area contributed by atoms with Crippen molar-refractivity contribution < 1.29 is 0 Å². The predicted octanol–water partition coefficient (Wildman–Crippen LogP) is 14.3. The molecule has 0 fully saturated rings. The van der Waals surface area contributed by atoms with Crippen molar-refractivity contribution in [3.05, 3.63) is 218 Å². The molecule has 0 unspecified atom stereocenters. The lowest BCUT2D eigenvalue weighted by Crippen LogP contribution is -2.03. The Morgan fingerprint density at radius 1 is 0.269 bits per heavy atom. The Morgan fingerprint density at radius 3 is 0.940 bits per heavy atom. The Balaban J connectivity index is 0.906. The molecular weight excluding hydrogens is 841 g/mol. The molecule has 8 aromatic carbocycles. The van der Waals surface area contributed by atoms with E-state index in [0.29, 0.717) is 11.9 Å². The van der Waals surface area contributed by atoms with Crippen molar-refractivity contribution in [3.63, 3.8) is 0 Å². The fraction of sp³-hybridized carbons (Fsp3) is 0. The second kappa shape index (κ2) is 16.0. The number of hydrogen-bond donors (Lipinski definition) is 0. The monoisotopic (exact) mass is 876 g/mol. The molecule has 13 rings (SSSR count). The first-order valence-electron chi connectivity index (χ1n) is 22.1. The minimum atomic E-state index is 0.612. The summed E-state index contributed by atoms with van der Waals surface area (Å²) in [5.74, 6) is 1.22. The molecule has 0 bridgehead atoms. The average molecular weight is 877 g/mol. The SMILES string of the molecule is c1ccc(-c2cc(-c3ccccc3)nc(-n3c4ccccc4c4cc(-c5nnc(-c6ccc7c(c6)c6ccccc6n7-c6nc(-c7ccccc7)cc(-c7ccccc7)n6)s5)ccc43)n2)cc1. The van der Waals surface area contributed by atoms with Crippen LogP contribution in [-0.2, 0) is 0 Å². The fourth-order valence-corrected chi connectivity index (χ4v) is 10.0. The summed E-state index contributed by atoms with van der Waals surface area (Å²) in [5.41, 5.74) is 13.6. The second-order valence-electron chi connectivity index (χ2n) is 16.4. The zero-order valence-electron chi connectivity index (χ0n) is 35.8. The van der Waals surface area contributed by atoms with Crippen LogP contribution < -0.4 is 0 Å². The van der Waals surface area contributed by atoms with Crippen molar-refractivity contribution in [3.8, 4) is 78.1 Å². The Hall–Kier alpha value is -8.92. The number of para-hydroxylation sites is 2. The molecule has 0 atom stereocenters. The summed E-state index contributed by atoms with van der Waals surface area (Å²) in [7, 11) is 0. The summed E-state index contributed by atoms with van der Waals surface area (Å²) < 4.78 is 4.35. The molecule has 0 aliphatic carbocycles. The third-order valence-electron chi connectivity index (χ3n) is 12.4. The van der Waals surface area contributed by atoms with Gasteiger partial charge in [-0.05, 0) is 60.7 Å². The van der Waals surface area contributed by atoms with Gasteiger partial charge in [0.15, 0.2) is 0 Å². The third-order valence-corrected chi connectivity index (χ3v) is 13.4. The highest BCUT2D eigenvalue weighted by atomic mass is 32.1. The van der Waals surface area contributed by atoms with Crippen LogP contribution in [0.1, 0.15) is 0 Å². The van der Waals surface area contributed by atoms with Crippen LogP contribution in [0.2, 0.25) is 0 Å². The largest absolute Gasteiger partial charge is 0.278 e. The lowest BCUT2D eigenvalue weighted by atomic mass is 10.1. The molecule has 8 nitrogen and oxygen atoms in total. The topological polar surface area (TPSA) is 87.2 Å². The van der Waals surface area contributed by atoms with E-state index in [4.69, 9.17) is 30.1 Å². The molecule has 0 amide bonds. The molecule has 67 heavy (non-hydrogen) atoms. The average Bonchev–Trinajstić information content (AvgIpc) is 4.13. The second-order valence-corrected chi connectivity index (χ2v) is 17.4. The highest BCUT2D eigenvalue weighted by Gasteiger charge is 2.21. The molecule has 0 aliphatic heterocycles. The van der Waals surface area contributed by atoms with E-state index in [-0.39, 0.29) is 0 Å². The van der Waals surface area contributed by atoms with Crippen LogP contribution in [0.25, 0.3) is 122 Å². The lowest BCUT2D eigenvalue weighted by molar-refractivity contribution is 0.995. The van der Waals surface area contributed by atoms with Crippen molar-refractivity contribution >= 4 is 54.9 Å². The van der Waals surface area contributed by atoms with Crippen LogP contribution in [0.4, 0.5) is 0 Å².